The van der Waals surface area contributed by atoms with Crippen molar-refractivity contribution in [3.05, 3.63) is 6.54 Å². The van der Waals surface area contributed by atoms with Crippen LogP contribution in [-0.2, 0) is 9.59 Å². The van der Waals surface area contributed by atoms with Gasteiger partial charge in [0.2, 0.25) is 5.91 Å². The quantitative estimate of drug-likeness (QED) is 0.656. The molecule has 4 heteroatoms. The molecule has 1 radical (unpaired) electrons. The van der Waals surface area contributed by atoms with Gasteiger partial charge in [-0.1, -0.05) is 11.8 Å². The first-order valence-corrected chi connectivity index (χ1v) is 3.86. The molecule has 10 heavy (non-hydrogen) atoms. The molecule has 0 aromatic carbocycles. The second-order valence-electron chi connectivity index (χ2n) is 1.64. The Kier molecular flexibility index (Phi) is 5.02. The minimum atomic E-state index is -0.136. The van der Waals surface area contributed by atoms with E-state index in [1.54, 1.807) is 13.5 Å². The highest BCUT2D eigenvalue weighted by molar-refractivity contribution is 8.14. The van der Waals surface area contributed by atoms with Crippen LogP contribution in [0.5, 0.6) is 0 Å². The summed E-state index contributed by atoms with van der Waals surface area (Å²) in [6, 6.07) is 0. The summed E-state index contributed by atoms with van der Waals surface area (Å²) in [5.74, 6) is 0.0716. The van der Waals surface area contributed by atoms with Crippen LogP contribution in [0.1, 0.15) is 13.8 Å². The van der Waals surface area contributed by atoms with E-state index in [0.29, 0.717) is 0 Å². The van der Waals surface area contributed by atoms with Crippen LogP contribution in [-0.4, -0.2) is 16.8 Å². The lowest BCUT2D eigenvalue weighted by molar-refractivity contribution is -0.118. The molecule has 0 aromatic rings. The molecule has 0 saturated carbocycles. The zero-order valence-electron chi connectivity index (χ0n) is 6.01. The summed E-state index contributed by atoms with van der Waals surface area (Å²) in [7, 11) is 0. The minimum absolute atomic E-state index is 0.0359. The number of thioether (sulfide) groups is 1. The smallest absolute Gasteiger partial charge is 0.230 e. The van der Waals surface area contributed by atoms with E-state index in [1.807, 2.05) is 0 Å². The number of amides is 1. The Balaban J connectivity index is 3.30. The lowest BCUT2D eigenvalue weighted by Gasteiger charge is -1.97. The van der Waals surface area contributed by atoms with Crippen molar-refractivity contribution in [3.63, 3.8) is 0 Å². The van der Waals surface area contributed by atoms with Gasteiger partial charge in [-0.25, -0.2) is 0 Å². The van der Waals surface area contributed by atoms with Gasteiger partial charge in [-0.2, -0.15) is 0 Å². The van der Waals surface area contributed by atoms with E-state index in [9.17, 15) is 9.59 Å². The first kappa shape index (κ1) is 9.49. The molecule has 0 atom stereocenters. The number of hydrogen-bond acceptors (Lipinski definition) is 3. The molecule has 0 aliphatic heterocycles. The molecule has 0 heterocycles. The zero-order chi connectivity index (χ0) is 7.98. The molecular weight excluding hydrogens is 150 g/mol. The lowest BCUT2D eigenvalue weighted by atomic mass is 10.6. The average Bonchev–Trinajstić information content (AvgIpc) is 1.85. The van der Waals surface area contributed by atoms with Gasteiger partial charge in [0.1, 0.15) is 0 Å². The Morgan fingerprint density at radius 3 is 2.60 bits per heavy atom. The van der Waals surface area contributed by atoms with Gasteiger partial charge in [-0.15, -0.1) is 0 Å². The fraction of sp³-hybridized carbons (Fsp3) is 0.500. The molecule has 0 fully saturated rings. The van der Waals surface area contributed by atoms with Gasteiger partial charge in [0.05, 0.1) is 5.75 Å². The molecule has 0 unspecified atom stereocenters. The van der Waals surface area contributed by atoms with E-state index in [4.69, 9.17) is 0 Å². The summed E-state index contributed by atoms with van der Waals surface area (Å²) < 4.78 is 0. The lowest BCUT2D eigenvalue weighted by Crippen LogP contribution is -2.21. The van der Waals surface area contributed by atoms with Crippen LogP contribution in [0.25, 0.3) is 0 Å². The third-order valence-electron chi connectivity index (χ3n) is 0.712. The summed E-state index contributed by atoms with van der Waals surface area (Å²) in [5.41, 5.74) is 0. The highest BCUT2D eigenvalue weighted by Crippen LogP contribution is 1.98. The molecule has 0 aromatic heterocycles. The van der Waals surface area contributed by atoms with Crippen LogP contribution < -0.4 is 5.32 Å². The summed E-state index contributed by atoms with van der Waals surface area (Å²) in [4.78, 5) is 21.0. The standard InChI is InChI=1S/C6H10NO2S/c1-3-7-6(9)4-10-5(2)8/h3H,4H2,1-2H3,(H,7,9). The predicted octanol–water partition coefficient (Wildman–Crippen LogP) is 0.564. The van der Waals surface area contributed by atoms with Gasteiger partial charge >= 0.3 is 0 Å². The maximum atomic E-state index is 10.6. The van der Waals surface area contributed by atoms with Gasteiger partial charge in [-0.3, -0.25) is 9.59 Å². The Hall–Kier alpha value is -0.510. The topological polar surface area (TPSA) is 46.2 Å². The molecule has 0 spiro atoms. The van der Waals surface area contributed by atoms with Crippen molar-refractivity contribution >= 4 is 22.8 Å². The predicted molar refractivity (Wildman–Crippen MR) is 41.3 cm³/mol. The van der Waals surface area contributed by atoms with Crippen LogP contribution in [0.15, 0.2) is 0 Å². The Labute approximate surface area is 64.6 Å². The van der Waals surface area contributed by atoms with Crippen molar-refractivity contribution in [2.75, 3.05) is 5.75 Å². The van der Waals surface area contributed by atoms with Crippen molar-refractivity contribution in [3.8, 4) is 0 Å². The molecule has 0 rings (SSSR count). The van der Waals surface area contributed by atoms with Crippen molar-refractivity contribution in [2.24, 2.45) is 0 Å². The Bertz CT molecular complexity index is 136. The zero-order valence-corrected chi connectivity index (χ0v) is 6.83. The summed E-state index contributed by atoms with van der Waals surface area (Å²) in [6.45, 7) is 4.70. The van der Waals surface area contributed by atoms with Crippen LogP contribution in [0.3, 0.4) is 0 Å². The molecule has 3 nitrogen and oxygen atoms in total. The Morgan fingerprint density at radius 1 is 1.60 bits per heavy atom. The van der Waals surface area contributed by atoms with Gasteiger partial charge in [-0.05, 0) is 6.92 Å². The molecule has 0 saturated heterocycles. The maximum absolute atomic E-state index is 10.6. The monoisotopic (exact) mass is 160 g/mol. The second-order valence-corrected chi connectivity index (χ2v) is 2.79. The molecule has 0 bridgehead atoms. The number of carbonyl (C=O) groups excluding carboxylic acids is 2. The SMILES string of the molecule is C[CH]NC(=O)CSC(C)=O. The largest absolute Gasteiger partial charge is 0.351 e. The molecule has 57 valence electrons. The van der Waals surface area contributed by atoms with E-state index in [0.717, 1.165) is 11.8 Å². The average molecular weight is 160 g/mol. The molecule has 0 aliphatic rings. The minimum Gasteiger partial charge on any atom is -0.351 e. The first-order valence-electron chi connectivity index (χ1n) is 2.87. The van der Waals surface area contributed by atoms with Crippen molar-refractivity contribution < 1.29 is 9.59 Å². The van der Waals surface area contributed by atoms with Gasteiger partial charge in [0.25, 0.3) is 0 Å². The van der Waals surface area contributed by atoms with Crippen LogP contribution in [0.2, 0.25) is 0 Å². The third-order valence-corrected chi connectivity index (χ3v) is 1.52. The van der Waals surface area contributed by atoms with Crippen LogP contribution in [0, 0.1) is 6.54 Å². The van der Waals surface area contributed by atoms with E-state index in [2.05, 4.69) is 5.32 Å². The number of rotatable bonds is 3. The highest BCUT2D eigenvalue weighted by Gasteiger charge is 2.00. The van der Waals surface area contributed by atoms with E-state index < -0.39 is 0 Å². The summed E-state index contributed by atoms with van der Waals surface area (Å²) >= 11 is 1.01. The van der Waals surface area contributed by atoms with Gasteiger partial charge in [0, 0.05) is 13.5 Å². The fourth-order valence-electron chi connectivity index (χ4n) is 0.370. The molecule has 0 aliphatic carbocycles. The third kappa shape index (κ3) is 5.62. The fourth-order valence-corrected chi connectivity index (χ4v) is 0.788. The van der Waals surface area contributed by atoms with Gasteiger partial charge < -0.3 is 5.32 Å². The Morgan fingerprint density at radius 2 is 2.20 bits per heavy atom. The van der Waals surface area contributed by atoms with Crippen molar-refractivity contribution in [1.29, 1.82) is 0 Å². The summed E-state index contributed by atoms with van der Waals surface area (Å²) in [5, 5.41) is 2.43. The van der Waals surface area contributed by atoms with Crippen molar-refractivity contribution in [2.45, 2.75) is 13.8 Å². The van der Waals surface area contributed by atoms with Crippen LogP contribution >= 0.6 is 11.8 Å². The van der Waals surface area contributed by atoms with Gasteiger partial charge in [0.15, 0.2) is 5.12 Å². The molecule has 1 N–H and O–H groups in total. The van der Waals surface area contributed by atoms with E-state index >= 15 is 0 Å². The second kappa shape index (κ2) is 5.29. The van der Waals surface area contributed by atoms with Crippen LogP contribution in [0.4, 0.5) is 0 Å². The first-order chi connectivity index (χ1) is 4.66. The normalized spacial score (nSPS) is 9.00. The van der Waals surface area contributed by atoms with Crippen molar-refractivity contribution in [1.82, 2.24) is 5.32 Å². The molecule has 1 amide bonds. The number of carbonyl (C=O) groups is 2. The number of nitrogens with one attached hydrogen (secondary N) is 1. The molecular formula is C6H10NO2S. The summed E-state index contributed by atoms with van der Waals surface area (Å²) in [6.07, 6.45) is 0. The number of hydrogen-bond donors (Lipinski definition) is 1. The van der Waals surface area contributed by atoms with E-state index in [-0.39, 0.29) is 16.8 Å². The maximum Gasteiger partial charge on any atom is 0.230 e. The highest BCUT2D eigenvalue weighted by atomic mass is 32.2. The van der Waals surface area contributed by atoms with E-state index in [1.165, 1.54) is 6.92 Å².